The Bertz CT molecular complexity index is 1150. The van der Waals surface area contributed by atoms with Crippen LogP contribution >= 0.6 is 11.6 Å². The molecule has 31 heavy (non-hydrogen) atoms. The summed E-state index contributed by atoms with van der Waals surface area (Å²) >= 11 is 5.78. The minimum Gasteiger partial charge on any atom is -0.350 e. The summed E-state index contributed by atoms with van der Waals surface area (Å²) in [6.45, 7) is 1.36. The smallest absolute Gasteiger partial charge is 0.350 e. The third-order valence-corrected chi connectivity index (χ3v) is 5.42. The number of amides is 2. The molecule has 0 bridgehead atoms. The first-order chi connectivity index (χ1) is 14.5. The molecule has 2 aromatic heterocycles. The van der Waals surface area contributed by atoms with Crippen LogP contribution in [0.3, 0.4) is 0 Å². The number of fused-ring (bicyclic) bond motifs is 2. The van der Waals surface area contributed by atoms with Crippen LogP contribution in [0.4, 0.5) is 17.6 Å². The van der Waals surface area contributed by atoms with Crippen molar-refractivity contribution in [1.29, 1.82) is 0 Å². The highest BCUT2D eigenvalue weighted by atomic mass is 35.5. The van der Waals surface area contributed by atoms with E-state index < -0.39 is 29.8 Å². The van der Waals surface area contributed by atoms with Gasteiger partial charge in [-0.05, 0) is 25.1 Å². The fourth-order valence-electron chi connectivity index (χ4n) is 3.38. The van der Waals surface area contributed by atoms with E-state index in [1.54, 1.807) is 0 Å². The number of alkyl halides is 3. The lowest BCUT2D eigenvalue weighted by atomic mass is 10.1. The number of benzene rings is 1. The Hall–Kier alpha value is -3.08. The highest BCUT2D eigenvalue weighted by Crippen LogP contribution is 2.26. The average molecular weight is 458 g/mol. The fraction of sp³-hybridized carbons (Fsp3) is 0.316. The van der Waals surface area contributed by atoms with Crippen molar-refractivity contribution < 1.29 is 27.2 Å². The summed E-state index contributed by atoms with van der Waals surface area (Å²) in [6, 6.07) is 2.09. The molecule has 1 aliphatic rings. The van der Waals surface area contributed by atoms with Crippen LogP contribution in [0, 0.1) is 5.82 Å². The van der Waals surface area contributed by atoms with Gasteiger partial charge in [-0.2, -0.15) is 18.3 Å². The number of rotatable bonds is 3. The Kier molecular flexibility index (Phi) is 5.16. The molecular formula is C19H16ClF4N5O2. The molecule has 164 valence electrons. The summed E-state index contributed by atoms with van der Waals surface area (Å²) in [5, 5.41) is 6.42. The number of nitrogens with zero attached hydrogens (tertiary/aromatic N) is 3. The van der Waals surface area contributed by atoms with Gasteiger partial charge in [0.2, 0.25) is 0 Å². The normalized spacial score (nSPS) is 15.1. The molecule has 0 fully saturated rings. The molecule has 0 radical (unpaired) electrons. The highest BCUT2D eigenvalue weighted by molar-refractivity contribution is 6.31. The lowest BCUT2D eigenvalue weighted by Crippen LogP contribution is -2.44. The van der Waals surface area contributed by atoms with Gasteiger partial charge in [0.15, 0.2) is 0 Å². The summed E-state index contributed by atoms with van der Waals surface area (Å²) in [7, 11) is 0. The third-order valence-electron chi connectivity index (χ3n) is 5.13. The molecule has 2 N–H and O–H groups in total. The maximum atomic E-state index is 13.7. The fourth-order valence-corrected chi connectivity index (χ4v) is 3.55. The van der Waals surface area contributed by atoms with E-state index in [4.69, 9.17) is 11.6 Å². The molecule has 1 atom stereocenters. The van der Waals surface area contributed by atoms with E-state index in [0.29, 0.717) is 16.6 Å². The molecule has 12 heteroatoms. The molecule has 0 unspecified atom stereocenters. The van der Waals surface area contributed by atoms with E-state index in [1.807, 2.05) is 5.32 Å². The highest BCUT2D eigenvalue weighted by Gasteiger charge is 2.38. The third kappa shape index (κ3) is 3.97. The van der Waals surface area contributed by atoms with Crippen LogP contribution in [0.2, 0.25) is 5.02 Å². The standard InChI is InChI=1S/C19H16ClF4N5O2/c1-9(19(22,23)24)26-17(30)11-7-25-29-3-2-28(8-16(11)29)18(31)15-5-10-4-12(20)13(21)6-14(10)27-15/h4-7,9,27H,2-3,8H2,1H3,(H,26,30)/t9-/m1/s1. The van der Waals surface area contributed by atoms with Gasteiger partial charge >= 0.3 is 6.18 Å². The maximum absolute atomic E-state index is 13.7. The van der Waals surface area contributed by atoms with Crippen molar-refractivity contribution >= 4 is 34.3 Å². The van der Waals surface area contributed by atoms with Crippen LogP contribution in [0.1, 0.15) is 33.5 Å². The molecule has 0 saturated heterocycles. The Balaban J connectivity index is 1.55. The quantitative estimate of drug-likeness (QED) is 0.591. The van der Waals surface area contributed by atoms with Gasteiger partial charge in [-0.25, -0.2) is 4.39 Å². The molecule has 1 aliphatic heterocycles. The number of carbonyl (C=O) groups is 2. The first kappa shape index (κ1) is 21.2. The number of aromatic nitrogens is 3. The number of hydrogen-bond acceptors (Lipinski definition) is 3. The molecule has 0 aliphatic carbocycles. The zero-order valence-electron chi connectivity index (χ0n) is 16.1. The van der Waals surface area contributed by atoms with Crippen molar-refractivity contribution in [3.8, 4) is 0 Å². The van der Waals surface area contributed by atoms with E-state index in [0.717, 1.165) is 6.92 Å². The number of H-pyrrole nitrogens is 1. The Morgan fingerprint density at radius 2 is 2.00 bits per heavy atom. The Morgan fingerprint density at radius 1 is 1.26 bits per heavy atom. The summed E-state index contributed by atoms with van der Waals surface area (Å²) in [6.07, 6.45) is -3.39. The molecule has 0 spiro atoms. The zero-order valence-corrected chi connectivity index (χ0v) is 16.8. The van der Waals surface area contributed by atoms with Crippen LogP contribution < -0.4 is 5.32 Å². The van der Waals surface area contributed by atoms with Gasteiger partial charge in [-0.1, -0.05) is 11.6 Å². The molecule has 3 heterocycles. The summed E-state index contributed by atoms with van der Waals surface area (Å²) < 4.78 is 53.4. The minimum atomic E-state index is -4.58. The van der Waals surface area contributed by atoms with Crippen molar-refractivity contribution in [1.82, 2.24) is 25.0 Å². The Morgan fingerprint density at radius 3 is 2.71 bits per heavy atom. The van der Waals surface area contributed by atoms with E-state index in [-0.39, 0.29) is 35.9 Å². The number of hydrogen-bond donors (Lipinski definition) is 2. The SMILES string of the molecule is C[C@@H](NC(=O)c1cnn2c1CN(C(=O)c1cc3cc(Cl)c(F)cc3[nH]1)CC2)C(F)(F)F. The lowest BCUT2D eigenvalue weighted by molar-refractivity contribution is -0.149. The molecule has 0 saturated carbocycles. The number of carbonyl (C=O) groups excluding carboxylic acids is 2. The second kappa shape index (κ2) is 7.56. The van der Waals surface area contributed by atoms with Crippen molar-refractivity contribution in [2.75, 3.05) is 6.54 Å². The number of aromatic amines is 1. The van der Waals surface area contributed by atoms with Crippen LogP contribution in [0.5, 0.6) is 0 Å². The van der Waals surface area contributed by atoms with Crippen LogP contribution in [0.25, 0.3) is 10.9 Å². The lowest BCUT2D eigenvalue weighted by Gasteiger charge is -2.28. The van der Waals surface area contributed by atoms with Gasteiger partial charge in [0.1, 0.15) is 17.6 Å². The monoisotopic (exact) mass is 457 g/mol. The van der Waals surface area contributed by atoms with E-state index in [1.165, 1.54) is 34.0 Å². The van der Waals surface area contributed by atoms with Gasteiger partial charge in [0.25, 0.3) is 11.8 Å². The van der Waals surface area contributed by atoms with E-state index in [2.05, 4.69) is 10.1 Å². The second-order valence-electron chi connectivity index (χ2n) is 7.23. The molecule has 4 rings (SSSR count). The van der Waals surface area contributed by atoms with Crippen molar-refractivity contribution in [3.05, 3.63) is 52.2 Å². The zero-order chi connectivity index (χ0) is 22.5. The maximum Gasteiger partial charge on any atom is 0.408 e. The largest absolute Gasteiger partial charge is 0.408 e. The Labute approximate surface area is 177 Å². The van der Waals surface area contributed by atoms with E-state index >= 15 is 0 Å². The minimum absolute atomic E-state index is 0.0214. The van der Waals surface area contributed by atoms with Gasteiger partial charge in [0, 0.05) is 17.4 Å². The summed E-state index contributed by atoms with van der Waals surface area (Å²) in [5.41, 5.74) is 0.894. The predicted octanol–water partition coefficient (Wildman–Crippen LogP) is 3.49. The number of halogens is 5. The predicted molar refractivity (Wildman–Crippen MR) is 103 cm³/mol. The average Bonchev–Trinajstić information content (AvgIpc) is 3.30. The van der Waals surface area contributed by atoms with Crippen molar-refractivity contribution in [2.24, 2.45) is 0 Å². The van der Waals surface area contributed by atoms with Crippen LogP contribution in [0.15, 0.2) is 24.4 Å². The van der Waals surface area contributed by atoms with Crippen molar-refractivity contribution in [2.45, 2.75) is 32.2 Å². The van der Waals surface area contributed by atoms with Gasteiger partial charge < -0.3 is 15.2 Å². The molecular weight excluding hydrogens is 442 g/mol. The van der Waals surface area contributed by atoms with Crippen molar-refractivity contribution in [3.63, 3.8) is 0 Å². The van der Waals surface area contributed by atoms with Crippen LogP contribution in [-0.4, -0.2) is 50.2 Å². The van der Waals surface area contributed by atoms with E-state index in [9.17, 15) is 27.2 Å². The van der Waals surface area contributed by atoms with Crippen LogP contribution in [-0.2, 0) is 13.1 Å². The van der Waals surface area contributed by atoms with Gasteiger partial charge in [0.05, 0.1) is 35.6 Å². The molecule has 2 amide bonds. The van der Waals surface area contributed by atoms with Gasteiger partial charge in [-0.15, -0.1) is 0 Å². The van der Waals surface area contributed by atoms with Gasteiger partial charge in [-0.3, -0.25) is 14.3 Å². The summed E-state index contributed by atoms with van der Waals surface area (Å²) in [4.78, 5) is 29.6. The summed E-state index contributed by atoms with van der Waals surface area (Å²) in [5.74, 6) is -1.95. The first-order valence-electron chi connectivity index (χ1n) is 9.24. The first-order valence-corrected chi connectivity index (χ1v) is 9.61. The topological polar surface area (TPSA) is 83.0 Å². The molecule has 7 nitrogen and oxygen atoms in total. The number of nitrogens with one attached hydrogen (secondary N) is 2. The second-order valence-corrected chi connectivity index (χ2v) is 7.64. The molecule has 3 aromatic rings. The molecule has 1 aromatic carbocycles.